The number of amides is 1. The number of aliphatic carboxylic acids is 1. The highest BCUT2D eigenvalue weighted by Gasteiger charge is 2.70. The van der Waals surface area contributed by atoms with Crippen LogP contribution in [0.4, 0.5) is 0 Å². The van der Waals surface area contributed by atoms with E-state index in [1.165, 1.54) is 12.0 Å². The number of hydrogen-bond donors (Lipinski definition) is 3. The summed E-state index contributed by atoms with van der Waals surface area (Å²) in [7, 11) is 0. The molecule has 5 aliphatic rings. The molecule has 6 rings (SSSR count). The highest BCUT2D eigenvalue weighted by Crippen LogP contribution is 2.76. The first-order chi connectivity index (χ1) is 20.5. The molecule has 0 bridgehead atoms. The van der Waals surface area contributed by atoms with E-state index in [-0.39, 0.29) is 27.6 Å². The Balaban J connectivity index is 1.36. The van der Waals surface area contributed by atoms with E-state index in [2.05, 4.69) is 59.5 Å². The summed E-state index contributed by atoms with van der Waals surface area (Å²) in [4.78, 5) is 35.8. The van der Waals surface area contributed by atoms with Crippen molar-refractivity contribution in [2.75, 3.05) is 0 Å². The second-order valence-corrected chi connectivity index (χ2v) is 16.5. The van der Waals surface area contributed by atoms with E-state index in [1.807, 2.05) is 12.1 Å². The number of aromatic carboxylic acids is 1. The maximum absolute atomic E-state index is 12.6. The molecule has 4 fully saturated rings. The number of nitrogens with one attached hydrogen (secondary N) is 1. The molecule has 238 valence electrons. The van der Waals surface area contributed by atoms with Gasteiger partial charge in [0.05, 0.1) is 5.56 Å². The molecule has 0 radical (unpaired) electrons. The fourth-order valence-corrected chi connectivity index (χ4v) is 12.5. The van der Waals surface area contributed by atoms with Crippen LogP contribution in [0.3, 0.4) is 0 Å². The fraction of sp³-hybridized carbons (Fsp3) is 0.658. The number of carbonyl (C=O) groups excluding carboxylic acids is 1. The highest BCUT2D eigenvalue weighted by molar-refractivity contribution is 6.31. The van der Waals surface area contributed by atoms with E-state index in [1.54, 1.807) is 12.1 Å². The lowest BCUT2D eigenvalue weighted by Gasteiger charge is -2.72. The number of carboxylic acids is 2. The maximum atomic E-state index is 12.6. The number of rotatable bonds is 4. The summed E-state index contributed by atoms with van der Waals surface area (Å²) in [6.45, 7) is 19.0. The van der Waals surface area contributed by atoms with E-state index < -0.39 is 23.4 Å². The van der Waals surface area contributed by atoms with E-state index in [0.29, 0.717) is 29.2 Å². The van der Waals surface area contributed by atoms with E-state index in [9.17, 15) is 24.6 Å². The van der Waals surface area contributed by atoms with Gasteiger partial charge < -0.3 is 15.5 Å². The molecular weight excluding hydrogens is 550 g/mol. The summed E-state index contributed by atoms with van der Waals surface area (Å²) in [6.07, 6.45) is 11.7. The van der Waals surface area contributed by atoms with Gasteiger partial charge in [-0.3, -0.25) is 4.79 Å². The molecule has 6 nitrogen and oxygen atoms in total. The predicted octanol–water partition coefficient (Wildman–Crippen LogP) is 7.99. The van der Waals surface area contributed by atoms with Gasteiger partial charge >= 0.3 is 17.8 Å². The lowest BCUT2D eigenvalue weighted by molar-refractivity contribution is -0.219. The molecule has 0 heterocycles. The Morgan fingerprint density at radius 2 is 1.52 bits per heavy atom. The van der Waals surface area contributed by atoms with Gasteiger partial charge in [0, 0.05) is 5.54 Å². The molecule has 4 saturated carbocycles. The van der Waals surface area contributed by atoms with Crippen LogP contribution in [0.25, 0.3) is 5.57 Å². The van der Waals surface area contributed by atoms with Crippen LogP contribution in [-0.2, 0) is 9.59 Å². The number of carbonyl (C=O) groups is 3. The molecular formula is C38H51NO5. The number of fused-ring (bicyclic) bond motifs is 7. The summed E-state index contributed by atoms with van der Waals surface area (Å²) in [5.41, 5.74) is 3.81. The van der Waals surface area contributed by atoms with Gasteiger partial charge in [-0.15, -0.1) is 0 Å². The molecule has 1 aromatic rings. The van der Waals surface area contributed by atoms with Gasteiger partial charge in [0.1, 0.15) is 0 Å². The standard InChI is InChI=1S/C38H51NO5/c1-22(2)25-14-19-38(39-31(40)33(43)44)21-20-36(6)27(30(25)38)12-13-29-35(5)17-15-26(23-8-10-24(11-9-23)32(41)42)34(3,4)28(35)16-18-37(29,36)7/h8-11,15,25,27-30H,1,12-14,16-21H2,2-7H3,(H,39,40)(H,41,42)(H,43,44)/t25-,27+,28-,29+,30+,35-,36+,37+,38-/m0/s1. The lowest BCUT2D eigenvalue weighted by Crippen LogP contribution is -2.68. The zero-order chi connectivity index (χ0) is 32.0. The van der Waals surface area contributed by atoms with Gasteiger partial charge in [-0.05, 0) is 139 Å². The first-order valence-electron chi connectivity index (χ1n) is 16.8. The molecule has 5 aliphatic carbocycles. The van der Waals surface area contributed by atoms with Crippen molar-refractivity contribution in [1.29, 1.82) is 0 Å². The molecule has 1 aromatic carbocycles. The van der Waals surface area contributed by atoms with Crippen molar-refractivity contribution in [2.24, 2.45) is 51.2 Å². The summed E-state index contributed by atoms with van der Waals surface area (Å²) >= 11 is 0. The van der Waals surface area contributed by atoms with Crippen LogP contribution in [-0.4, -0.2) is 33.6 Å². The molecule has 6 heteroatoms. The second-order valence-electron chi connectivity index (χ2n) is 16.5. The van der Waals surface area contributed by atoms with Crippen LogP contribution in [0.1, 0.15) is 115 Å². The normalized spacial score (nSPS) is 42.0. The van der Waals surface area contributed by atoms with Gasteiger partial charge in [0.25, 0.3) is 0 Å². The Hall–Kier alpha value is -2.89. The molecule has 3 N–H and O–H groups in total. The van der Waals surface area contributed by atoms with Gasteiger partial charge in [-0.2, -0.15) is 0 Å². The van der Waals surface area contributed by atoms with E-state index in [4.69, 9.17) is 0 Å². The van der Waals surface area contributed by atoms with Crippen molar-refractivity contribution >= 4 is 23.4 Å². The number of carboxylic acid groups (broad SMARTS) is 2. The summed E-state index contributed by atoms with van der Waals surface area (Å²) < 4.78 is 0. The van der Waals surface area contributed by atoms with Crippen molar-refractivity contribution in [3.05, 3.63) is 53.6 Å². The van der Waals surface area contributed by atoms with Crippen molar-refractivity contribution in [3.63, 3.8) is 0 Å². The Kier molecular flexibility index (Phi) is 7.11. The predicted molar refractivity (Wildman–Crippen MR) is 172 cm³/mol. The third-order valence-corrected chi connectivity index (χ3v) is 14.6. The van der Waals surface area contributed by atoms with Crippen molar-refractivity contribution in [3.8, 4) is 0 Å². The van der Waals surface area contributed by atoms with Crippen LogP contribution in [0.15, 0.2) is 42.5 Å². The van der Waals surface area contributed by atoms with Crippen molar-refractivity contribution in [2.45, 2.75) is 105 Å². The fourth-order valence-electron chi connectivity index (χ4n) is 12.5. The van der Waals surface area contributed by atoms with Gasteiger partial charge in [-0.1, -0.05) is 65.0 Å². The largest absolute Gasteiger partial charge is 0.478 e. The minimum absolute atomic E-state index is 0.0455. The Labute approximate surface area is 262 Å². The SMILES string of the molecule is C=C(C)[C@@H]1CC[C@]2(NC(=O)C(=O)O)CC[C@]3(C)[C@H](CC[C@@H]4[C@@]5(C)CC=C(c6ccc(C(=O)O)cc6)C(C)(C)[C@@H]5CC[C@]43C)[C@@H]12. The van der Waals surface area contributed by atoms with Crippen LogP contribution < -0.4 is 5.32 Å². The molecule has 44 heavy (non-hydrogen) atoms. The monoisotopic (exact) mass is 601 g/mol. The Bertz CT molecular complexity index is 1440. The quantitative estimate of drug-likeness (QED) is 0.240. The third kappa shape index (κ3) is 4.14. The van der Waals surface area contributed by atoms with Gasteiger partial charge in [-0.25, -0.2) is 9.59 Å². The Morgan fingerprint density at radius 1 is 0.841 bits per heavy atom. The van der Waals surface area contributed by atoms with Crippen LogP contribution in [0.5, 0.6) is 0 Å². The van der Waals surface area contributed by atoms with E-state index in [0.717, 1.165) is 62.5 Å². The summed E-state index contributed by atoms with van der Waals surface area (Å²) in [6, 6.07) is 7.42. The van der Waals surface area contributed by atoms with Crippen molar-refractivity contribution in [1.82, 2.24) is 5.32 Å². The Morgan fingerprint density at radius 3 is 2.14 bits per heavy atom. The van der Waals surface area contributed by atoms with Gasteiger partial charge in [0.15, 0.2) is 0 Å². The molecule has 0 aliphatic heterocycles. The second kappa shape index (κ2) is 10.1. The van der Waals surface area contributed by atoms with E-state index >= 15 is 0 Å². The number of benzene rings is 1. The maximum Gasteiger partial charge on any atom is 0.394 e. The third-order valence-electron chi connectivity index (χ3n) is 14.6. The lowest BCUT2D eigenvalue weighted by atomic mass is 9.33. The minimum atomic E-state index is -1.39. The first kappa shape index (κ1) is 31.1. The zero-order valence-electron chi connectivity index (χ0n) is 27.5. The molecule has 0 saturated heterocycles. The summed E-state index contributed by atoms with van der Waals surface area (Å²) in [5, 5.41) is 22.0. The zero-order valence-corrected chi connectivity index (χ0v) is 27.5. The average molecular weight is 602 g/mol. The first-order valence-corrected chi connectivity index (χ1v) is 16.8. The molecule has 9 atom stereocenters. The molecule has 0 unspecified atom stereocenters. The number of allylic oxidation sites excluding steroid dienone is 3. The molecule has 0 aromatic heterocycles. The number of hydrogen-bond acceptors (Lipinski definition) is 3. The van der Waals surface area contributed by atoms with Crippen molar-refractivity contribution < 1.29 is 24.6 Å². The topological polar surface area (TPSA) is 104 Å². The molecule has 1 amide bonds. The summed E-state index contributed by atoms with van der Waals surface area (Å²) in [5.74, 6) is -1.15. The van der Waals surface area contributed by atoms with Crippen LogP contribution >= 0.6 is 0 Å². The van der Waals surface area contributed by atoms with Crippen LogP contribution in [0, 0.1) is 51.2 Å². The van der Waals surface area contributed by atoms with Gasteiger partial charge in [0.2, 0.25) is 0 Å². The highest BCUT2D eigenvalue weighted by atomic mass is 16.4. The van der Waals surface area contributed by atoms with Crippen LogP contribution in [0.2, 0.25) is 0 Å². The smallest absolute Gasteiger partial charge is 0.394 e. The molecule has 0 spiro atoms. The minimum Gasteiger partial charge on any atom is -0.478 e. The average Bonchev–Trinajstić information content (AvgIpc) is 3.33.